The van der Waals surface area contributed by atoms with Crippen molar-refractivity contribution in [1.82, 2.24) is 0 Å². The Bertz CT molecular complexity index is 496. The van der Waals surface area contributed by atoms with Crippen LogP contribution in [0.25, 0.3) is 0 Å². The van der Waals surface area contributed by atoms with E-state index in [1.165, 1.54) is 0 Å². The van der Waals surface area contributed by atoms with Crippen LogP contribution in [0.2, 0.25) is 0 Å². The van der Waals surface area contributed by atoms with Crippen LogP contribution in [0.4, 0.5) is 0 Å². The van der Waals surface area contributed by atoms with Gasteiger partial charge in [-0.15, -0.1) is 0 Å². The molecular weight excluding hydrogens is 384 g/mol. The van der Waals surface area contributed by atoms with E-state index in [4.69, 9.17) is 31.2 Å². The van der Waals surface area contributed by atoms with Crippen molar-refractivity contribution in [1.29, 1.82) is 0 Å². The lowest BCUT2D eigenvalue weighted by Crippen LogP contribution is -2.21. The lowest BCUT2D eigenvalue weighted by atomic mass is 10.4. The third-order valence-electron chi connectivity index (χ3n) is 2.68. The molecule has 0 spiro atoms. The third kappa shape index (κ3) is 13.5. The number of nitrogens with two attached hydrogens (primary N) is 2. The molecule has 2 unspecified atom stereocenters. The fourth-order valence-corrected chi connectivity index (χ4v) is 2.94. The number of carbonyl (C=O) groups is 2. The van der Waals surface area contributed by atoms with Gasteiger partial charge in [-0.2, -0.15) is 0 Å². The van der Waals surface area contributed by atoms with E-state index in [0.717, 1.165) is 24.3 Å². The highest BCUT2D eigenvalue weighted by molar-refractivity contribution is 8.14. The van der Waals surface area contributed by atoms with Gasteiger partial charge < -0.3 is 31.2 Å². The van der Waals surface area contributed by atoms with E-state index in [1.54, 1.807) is 37.7 Å². The van der Waals surface area contributed by atoms with Crippen LogP contribution in [0.5, 0.6) is 0 Å². The van der Waals surface area contributed by atoms with Gasteiger partial charge in [0.05, 0.1) is 0 Å². The van der Waals surface area contributed by atoms with Crippen LogP contribution >= 0.6 is 23.5 Å². The van der Waals surface area contributed by atoms with E-state index in [0.29, 0.717) is 22.5 Å². The number of carboxylic acids is 2. The van der Waals surface area contributed by atoms with Crippen LogP contribution in [-0.2, 0) is 19.1 Å². The van der Waals surface area contributed by atoms with Crippen LogP contribution in [0, 0.1) is 0 Å². The van der Waals surface area contributed by atoms with E-state index in [9.17, 15) is 9.59 Å². The van der Waals surface area contributed by atoms with Crippen molar-refractivity contribution in [2.75, 3.05) is 25.7 Å². The summed E-state index contributed by atoms with van der Waals surface area (Å²) in [4.78, 5) is 27.2. The van der Waals surface area contributed by atoms with Gasteiger partial charge in [-0.3, -0.25) is 0 Å². The third-order valence-corrected chi connectivity index (χ3v) is 4.37. The minimum Gasteiger partial charge on any atom is -0.478 e. The zero-order valence-corrected chi connectivity index (χ0v) is 16.2. The molecule has 148 valence electrons. The molecule has 0 aromatic heterocycles. The Hall–Kier alpha value is -1.76. The van der Waals surface area contributed by atoms with E-state index in [1.807, 2.05) is 0 Å². The van der Waals surface area contributed by atoms with Crippen molar-refractivity contribution in [3.63, 3.8) is 0 Å². The Kier molecular flexibility index (Phi) is 13.4. The zero-order valence-electron chi connectivity index (χ0n) is 14.5. The van der Waals surface area contributed by atoms with Crippen LogP contribution in [0.3, 0.4) is 0 Å². The highest BCUT2D eigenvalue weighted by atomic mass is 32.2. The number of hydrogen-bond donors (Lipinski definition) is 4. The number of hydrogen-bond acceptors (Lipinski definition) is 10. The smallest absolute Gasteiger partial charge is 0.328 e. The first-order valence-electron chi connectivity index (χ1n) is 7.40. The van der Waals surface area contributed by atoms with Crippen molar-refractivity contribution in [2.24, 2.45) is 21.5 Å². The fourth-order valence-electron chi connectivity index (χ4n) is 1.50. The molecule has 0 bridgehead atoms. The molecule has 0 aliphatic carbocycles. The molecule has 2 rings (SSSR count). The lowest BCUT2D eigenvalue weighted by Gasteiger charge is -2.15. The second-order valence-electron chi connectivity index (χ2n) is 4.60. The molecule has 10 nitrogen and oxygen atoms in total. The van der Waals surface area contributed by atoms with Gasteiger partial charge in [-0.1, -0.05) is 23.5 Å². The minimum atomic E-state index is -1.26. The van der Waals surface area contributed by atoms with E-state index in [2.05, 4.69) is 9.98 Å². The molecule has 0 saturated carbocycles. The van der Waals surface area contributed by atoms with Gasteiger partial charge in [0, 0.05) is 50.7 Å². The Labute approximate surface area is 160 Å². The lowest BCUT2D eigenvalue weighted by molar-refractivity contribution is -0.134. The number of aliphatic carboxylic acids is 2. The van der Waals surface area contributed by atoms with E-state index in [-0.39, 0.29) is 12.5 Å². The number of rotatable bonds is 4. The first-order chi connectivity index (χ1) is 12.3. The Morgan fingerprint density at radius 2 is 1.31 bits per heavy atom. The van der Waals surface area contributed by atoms with Gasteiger partial charge in [-0.25, -0.2) is 19.6 Å². The summed E-state index contributed by atoms with van der Waals surface area (Å²) in [6.45, 7) is 0. The van der Waals surface area contributed by atoms with Crippen molar-refractivity contribution in [3.05, 3.63) is 12.2 Å². The van der Waals surface area contributed by atoms with Crippen molar-refractivity contribution in [3.8, 4) is 0 Å². The van der Waals surface area contributed by atoms with Crippen molar-refractivity contribution >= 4 is 45.8 Å². The molecule has 12 heteroatoms. The molecule has 0 saturated heterocycles. The maximum atomic E-state index is 9.55. The van der Waals surface area contributed by atoms with Gasteiger partial charge in [-0.05, 0) is 0 Å². The summed E-state index contributed by atoms with van der Waals surface area (Å²) in [7, 11) is 3.30. The molecule has 2 aliphatic rings. The van der Waals surface area contributed by atoms with Gasteiger partial charge >= 0.3 is 11.9 Å². The van der Waals surface area contributed by atoms with Crippen LogP contribution in [0.1, 0.15) is 12.8 Å². The Balaban J connectivity index is 0.000000362. The standard InChI is InChI=1S/2C5H10N2OS.C4H4O4/c2*1-8-4-2-3-9-5(6)7-4;5-3(6)1-2-4(7)8/h2*4H,2-3H2,1H3,(H2,6,7);1-2H,(H,5,6)(H,7,8)/b;;2-1+. The van der Waals surface area contributed by atoms with Crippen LogP contribution in [0.15, 0.2) is 22.1 Å². The molecular formula is C14H24N4O6S2. The molecule has 2 atom stereocenters. The van der Waals surface area contributed by atoms with Crippen LogP contribution < -0.4 is 11.5 Å². The highest BCUT2D eigenvalue weighted by Crippen LogP contribution is 2.15. The maximum Gasteiger partial charge on any atom is 0.328 e. The Morgan fingerprint density at radius 1 is 0.962 bits per heavy atom. The molecule has 0 radical (unpaired) electrons. The van der Waals surface area contributed by atoms with Gasteiger partial charge in [0.1, 0.15) is 0 Å². The first-order valence-corrected chi connectivity index (χ1v) is 9.37. The predicted octanol–water partition coefficient (Wildman–Crippen LogP) is 0.533. The summed E-state index contributed by atoms with van der Waals surface area (Å²) in [5.41, 5.74) is 10.9. The molecule has 0 aromatic rings. The number of amidine groups is 2. The van der Waals surface area contributed by atoms with Crippen LogP contribution in [-0.4, -0.2) is 70.7 Å². The summed E-state index contributed by atoms with van der Waals surface area (Å²) in [6, 6.07) is 0. The second kappa shape index (κ2) is 14.4. The Morgan fingerprint density at radius 3 is 1.50 bits per heavy atom. The average molecular weight is 409 g/mol. The van der Waals surface area contributed by atoms with E-state index >= 15 is 0 Å². The molecule has 26 heavy (non-hydrogen) atoms. The quantitative estimate of drug-likeness (QED) is 0.481. The average Bonchev–Trinajstić information content (AvgIpc) is 2.61. The zero-order chi connectivity index (χ0) is 19.9. The topological polar surface area (TPSA) is 170 Å². The SMILES string of the molecule is COC1CCSC(N)=N1.COC1CCSC(N)=N1.O=C(O)/C=C/C(=O)O. The molecule has 0 amide bonds. The minimum absolute atomic E-state index is 0.00579. The summed E-state index contributed by atoms with van der Waals surface area (Å²) in [6.07, 6.45) is 3.08. The molecule has 0 aromatic carbocycles. The summed E-state index contributed by atoms with van der Waals surface area (Å²) in [5, 5.41) is 16.9. The number of aliphatic imine (C=N–C) groups is 2. The number of ether oxygens (including phenoxy) is 2. The number of methoxy groups -OCH3 is 2. The maximum absolute atomic E-state index is 9.55. The predicted molar refractivity (Wildman–Crippen MR) is 103 cm³/mol. The highest BCUT2D eigenvalue weighted by Gasteiger charge is 2.12. The fraction of sp³-hybridized carbons (Fsp3) is 0.571. The van der Waals surface area contributed by atoms with E-state index < -0.39 is 11.9 Å². The van der Waals surface area contributed by atoms with Gasteiger partial charge in [0.2, 0.25) is 0 Å². The summed E-state index contributed by atoms with van der Waals surface area (Å²) in [5.74, 6) is -0.471. The van der Waals surface area contributed by atoms with Gasteiger partial charge in [0.25, 0.3) is 0 Å². The van der Waals surface area contributed by atoms with Gasteiger partial charge in [0.15, 0.2) is 22.8 Å². The number of nitrogens with zero attached hydrogens (tertiary/aromatic N) is 2. The van der Waals surface area contributed by atoms with Crippen molar-refractivity contribution < 1.29 is 29.3 Å². The molecule has 2 aliphatic heterocycles. The first kappa shape index (κ1) is 24.2. The second-order valence-corrected chi connectivity index (χ2v) is 6.83. The normalized spacial score (nSPS) is 22.1. The summed E-state index contributed by atoms with van der Waals surface area (Å²) >= 11 is 3.17. The molecule has 2 heterocycles. The van der Waals surface area contributed by atoms with Crippen molar-refractivity contribution in [2.45, 2.75) is 25.3 Å². The number of carboxylic acid groups (broad SMARTS) is 2. The molecule has 0 fully saturated rings. The monoisotopic (exact) mass is 408 g/mol. The molecule has 6 N–H and O–H groups in total. The summed E-state index contributed by atoms with van der Waals surface area (Å²) < 4.78 is 9.96. The largest absolute Gasteiger partial charge is 0.478 e. The number of thioether (sulfide) groups is 2.